The van der Waals surface area contributed by atoms with Gasteiger partial charge in [-0.15, -0.1) is 11.3 Å². The fourth-order valence-corrected chi connectivity index (χ4v) is 5.39. The summed E-state index contributed by atoms with van der Waals surface area (Å²) in [7, 11) is 0. The van der Waals surface area contributed by atoms with Gasteiger partial charge in [-0.3, -0.25) is 0 Å². The lowest BCUT2D eigenvalue weighted by molar-refractivity contribution is 1.07. The molecule has 0 bridgehead atoms. The number of aromatic nitrogens is 3. The van der Waals surface area contributed by atoms with E-state index in [0.29, 0.717) is 11.6 Å². The van der Waals surface area contributed by atoms with Crippen molar-refractivity contribution in [3.05, 3.63) is 102 Å². The van der Waals surface area contributed by atoms with E-state index in [1.807, 2.05) is 53.8 Å². The number of hydrogen-bond acceptors (Lipinski definition) is 4. The molecule has 0 fully saturated rings. The number of thiophene rings is 1. The maximum absolute atomic E-state index is 6.27. The summed E-state index contributed by atoms with van der Waals surface area (Å²) in [6, 6.07) is 33.1. The molecule has 32 heavy (non-hydrogen) atoms. The first-order valence-corrected chi connectivity index (χ1v) is 11.4. The monoisotopic (exact) mass is 449 g/mol. The van der Waals surface area contributed by atoms with Crippen LogP contribution in [0.15, 0.2) is 97.1 Å². The number of halogens is 1. The first-order valence-electron chi connectivity index (χ1n) is 10.2. The van der Waals surface area contributed by atoms with E-state index in [1.165, 1.54) is 25.7 Å². The number of nitrogens with zero attached hydrogens (tertiary/aromatic N) is 3. The molecule has 6 rings (SSSR count). The van der Waals surface area contributed by atoms with Gasteiger partial charge in [-0.2, -0.15) is 9.97 Å². The van der Waals surface area contributed by atoms with Crippen molar-refractivity contribution in [2.45, 2.75) is 0 Å². The highest BCUT2D eigenvalue weighted by atomic mass is 35.5. The van der Waals surface area contributed by atoms with Gasteiger partial charge in [0.15, 0.2) is 11.6 Å². The minimum atomic E-state index is 0.186. The van der Waals surface area contributed by atoms with E-state index < -0.39 is 0 Å². The highest BCUT2D eigenvalue weighted by Crippen LogP contribution is 2.40. The summed E-state index contributed by atoms with van der Waals surface area (Å²) in [4.78, 5) is 13.4. The fourth-order valence-electron chi connectivity index (χ4n) is 4.00. The third kappa shape index (κ3) is 3.34. The van der Waals surface area contributed by atoms with E-state index >= 15 is 0 Å². The van der Waals surface area contributed by atoms with Crippen molar-refractivity contribution in [2.75, 3.05) is 0 Å². The van der Waals surface area contributed by atoms with Gasteiger partial charge in [0.05, 0.1) is 0 Å². The molecule has 3 nitrogen and oxygen atoms in total. The van der Waals surface area contributed by atoms with Crippen molar-refractivity contribution in [3.63, 3.8) is 0 Å². The lowest BCUT2D eigenvalue weighted by atomic mass is 10.0. The van der Waals surface area contributed by atoms with Crippen LogP contribution in [0, 0.1) is 0 Å². The van der Waals surface area contributed by atoms with Gasteiger partial charge in [0.1, 0.15) is 0 Å². The highest BCUT2D eigenvalue weighted by molar-refractivity contribution is 7.26. The van der Waals surface area contributed by atoms with Crippen LogP contribution in [-0.4, -0.2) is 15.0 Å². The Labute approximate surface area is 194 Å². The molecule has 0 amide bonds. The fraction of sp³-hybridized carbons (Fsp3) is 0. The molecule has 5 heteroatoms. The van der Waals surface area contributed by atoms with Gasteiger partial charge in [0.25, 0.3) is 0 Å². The average Bonchev–Trinajstić information content (AvgIpc) is 3.23. The van der Waals surface area contributed by atoms with E-state index in [1.54, 1.807) is 0 Å². The van der Waals surface area contributed by atoms with E-state index in [9.17, 15) is 0 Å². The largest absolute Gasteiger partial charge is 0.226 e. The minimum Gasteiger partial charge on any atom is -0.208 e. The lowest BCUT2D eigenvalue weighted by Crippen LogP contribution is -1.97. The van der Waals surface area contributed by atoms with Crippen molar-refractivity contribution in [2.24, 2.45) is 0 Å². The summed E-state index contributed by atoms with van der Waals surface area (Å²) in [5.74, 6) is 1.13. The van der Waals surface area contributed by atoms with Crippen LogP contribution < -0.4 is 0 Å². The minimum absolute atomic E-state index is 0.186. The third-order valence-electron chi connectivity index (χ3n) is 5.48. The first-order chi connectivity index (χ1) is 15.8. The van der Waals surface area contributed by atoms with Crippen LogP contribution in [0.1, 0.15) is 0 Å². The Bertz CT molecular complexity index is 1590. The Kier molecular flexibility index (Phi) is 4.67. The molecular formula is C27H16ClN3S. The van der Waals surface area contributed by atoms with Crippen molar-refractivity contribution in [3.8, 4) is 33.9 Å². The van der Waals surface area contributed by atoms with Crippen LogP contribution in [0.2, 0.25) is 5.28 Å². The molecule has 152 valence electrons. The van der Waals surface area contributed by atoms with Crippen molar-refractivity contribution >= 4 is 43.1 Å². The molecule has 6 aromatic rings. The zero-order valence-corrected chi connectivity index (χ0v) is 18.4. The summed E-state index contributed by atoms with van der Waals surface area (Å²) in [6.07, 6.45) is 0. The first kappa shape index (κ1) is 19.1. The van der Waals surface area contributed by atoms with Crippen LogP contribution in [0.3, 0.4) is 0 Å². The number of hydrogen-bond donors (Lipinski definition) is 0. The van der Waals surface area contributed by atoms with Gasteiger partial charge in [-0.1, -0.05) is 84.9 Å². The molecule has 2 heterocycles. The van der Waals surface area contributed by atoms with Crippen LogP contribution in [0.4, 0.5) is 0 Å². The molecule has 0 aliphatic heterocycles. The molecule has 4 aromatic carbocycles. The molecule has 2 aromatic heterocycles. The number of fused-ring (bicyclic) bond motifs is 3. The van der Waals surface area contributed by atoms with E-state index in [-0.39, 0.29) is 5.28 Å². The summed E-state index contributed by atoms with van der Waals surface area (Å²) >= 11 is 8.09. The second-order valence-electron chi connectivity index (χ2n) is 7.48. The molecule has 0 saturated carbocycles. The average molecular weight is 450 g/mol. The Balaban J connectivity index is 1.50. The van der Waals surface area contributed by atoms with Crippen LogP contribution in [0.25, 0.3) is 54.1 Å². The third-order valence-corrected chi connectivity index (χ3v) is 6.87. The quantitative estimate of drug-likeness (QED) is 0.275. The van der Waals surface area contributed by atoms with Gasteiger partial charge >= 0.3 is 0 Å². The van der Waals surface area contributed by atoms with E-state index in [0.717, 1.165) is 16.7 Å². The number of rotatable bonds is 3. The summed E-state index contributed by atoms with van der Waals surface area (Å²) in [6.45, 7) is 0. The molecule has 0 N–H and O–H groups in total. The molecular weight excluding hydrogens is 434 g/mol. The van der Waals surface area contributed by atoms with Gasteiger partial charge < -0.3 is 0 Å². The predicted octanol–water partition coefficient (Wildman–Crippen LogP) is 7.89. The zero-order chi connectivity index (χ0) is 21.5. The summed E-state index contributed by atoms with van der Waals surface area (Å²) in [5, 5.41) is 2.76. The van der Waals surface area contributed by atoms with Gasteiger partial charge in [-0.25, -0.2) is 4.98 Å². The molecule has 0 atom stereocenters. The van der Waals surface area contributed by atoms with Crippen molar-refractivity contribution in [1.82, 2.24) is 15.0 Å². The van der Waals surface area contributed by atoms with E-state index in [4.69, 9.17) is 16.6 Å². The zero-order valence-electron chi connectivity index (χ0n) is 16.9. The molecule has 0 aliphatic carbocycles. The Hall–Kier alpha value is -3.60. The lowest BCUT2D eigenvalue weighted by Gasteiger charge is -2.08. The molecule has 0 unspecified atom stereocenters. The Morgan fingerprint density at radius 3 is 2.09 bits per heavy atom. The van der Waals surface area contributed by atoms with Crippen LogP contribution >= 0.6 is 22.9 Å². The normalized spacial score (nSPS) is 11.3. The smallest absolute Gasteiger partial charge is 0.208 e. The topological polar surface area (TPSA) is 38.7 Å². The van der Waals surface area contributed by atoms with Crippen molar-refractivity contribution in [1.29, 1.82) is 0 Å². The van der Waals surface area contributed by atoms with Crippen LogP contribution in [0.5, 0.6) is 0 Å². The van der Waals surface area contributed by atoms with Gasteiger partial charge in [-0.05, 0) is 34.9 Å². The Morgan fingerprint density at radius 1 is 0.562 bits per heavy atom. The standard InChI is InChI=1S/C27H16ClN3S/c28-27-30-25(17-8-2-1-3-9-17)29-26(31-27)19-11-6-10-18(16-19)20-13-7-14-22-21-12-4-5-15-23(21)32-24(20)22/h1-16H. The van der Waals surface area contributed by atoms with E-state index in [2.05, 4.69) is 64.6 Å². The second-order valence-corrected chi connectivity index (χ2v) is 8.87. The maximum atomic E-state index is 6.27. The second kappa shape index (κ2) is 7.83. The molecule has 0 radical (unpaired) electrons. The van der Waals surface area contributed by atoms with Crippen LogP contribution in [-0.2, 0) is 0 Å². The highest BCUT2D eigenvalue weighted by Gasteiger charge is 2.13. The molecule has 0 aliphatic rings. The maximum Gasteiger partial charge on any atom is 0.226 e. The molecule has 0 saturated heterocycles. The SMILES string of the molecule is Clc1nc(-c2ccccc2)nc(-c2cccc(-c3cccc4c3sc3ccccc34)c2)n1. The summed E-state index contributed by atoms with van der Waals surface area (Å²) in [5.41, 5.74) is 4.14. The Morgan fingerprint density at radius 2 is 1.22 bits per heavy atom. The predicted molar refractivity (Wildman–Crippen MR) is 134 cm³/mol. The number of benzene rings is 4. The van der Waals surface area contributed by atoms with Gasteiger partial charge in [0, 0.05) is 31.3 Å². The van der Waals surface area contributed by atoms with Gasteiger partial charge in [0.2, 0.25) is 5.28 Å². The summed E-state index contributed by atoms with van der Waals surface area (Å²) < 4.78 is 2.58. The molecule has 0 spiro atoms. The van der Waals surface area contributed by atoms with Crippen molar-refractivity contribution < 1.29 is 0 Å².